The van der Waals surface area contributed by atoms with Crippen LogP contribution < -0.4 is 5.32 Å². The van der Waals surface area contributed by atoms with Crippen LogP contribution in [0.4, 0.5) is 0 Å². The molecule has 0 bridgehead atoms. The Hall–Kier alpha value is -0.610. The van der Waals surface area contributed by atoms with Crippen molar-refractivity contribution >= 4 is 5.91 Å². The Morgan fingerprint density at radius 1 is 1.41 bits per heavy atom. The predicted molar refractivity (Wildman–Crippen MR) is 70.9 cm³/mol. The van der Waals surface area contributed by atoms with Gasteiger partial charge in [0.2, 0.25) is 5.91 Å². The lowest BCUT2D eigenvalue weighted by Gasteiger charge is -2.22. The Kier molecular flexibility index (Phi) is 7.39. The minimum Gasteiger partial charge on any atom is -0.396 e. The smallest absolute Gasteiger partial charge is 0.234 e. The average molecular weight is 244 g/mol. The number of likely N-dealkylation sites (N-methyl/N-ethyl adjacent to an activating group) is 1. The maximum absolute atomic E-state index is 11.5. The third kappa shape index (κ3) is 8.16. The van der Waals surface area contributed by atoms with Crippen molar-refractivity contribution in [1.82, 2.24) is 10.2 Å². The van der Waals surface area contributed by atoms with Gasteiger partial charge in [0.15, 0.2) is 0 Å². The molecule has 17 heavy (non-hydrogen) atoms. The quantitative estimate of drug-likeness (QED) is 0.632. The van der Waals surface area contributed by atoms with Gasteiger partial charge in [-0.3, -0.25) is 9.69 Å². The van der Waals surface area contributed by atoms with E-state index in [1.165, 1.54) is 0 Å². The number of carbonyl (C=O) groups is 1. The van der Waals surface area contributed by atoms with Gasteiger partial charge in [0, 0.05) is 19.2 Å². The molecule has 1 amide bonds. The van der Waals surface area contributed by atoms with Crippen LogP contribution in [0.5, 0.6) is 0 Å². The predicted octanol–water partition coefficient (Wildman–Crippen LogP) is 1.24. The molecule has 0 unspecified atom stereocenters. The molecule has 0 saturated carbocycles. The van der Waals surface area contributed by atoms with Crippen molar-refractivity contribution in [3.63, 3.8) is 0 Å². The summed E-state index contributed by atoms with van der Waals surface area (Å²) >= 11 is 0. The molecule has 0 aromatic heterocycles. The molecule has 0 fully saturated rings. The standard InChI is InChI=1S/C13H28N2O2/c1-11(2)15(5)9-12(17)14-8-6-7-13(3,4)10-16/h11,16H,6-10H2,1-5H3,(H,14,17). The molecule has 4 nitrogen and oxygen atoms in total. The number of rotatable bonds is 8. The van der Waals surface area contributed by atoms with E-state index in [1.54, 1.807) is 0 Å². The highest BCUT2D eigenvalue weighted by Crippen LogP contribution is 2.20. The average Bonchev–Trinajstić information content (AvgIpc) is 2.24. The number of amides is 1. The molecule has 4 heteroatoms. The van der Waals surface area contributed by atoms with E-state index in [2.05, 4.69) is 19.2 Å². The number of aliphatic hydroxyl groups excluding tert-OH is 1. The monoisotopic (exact) mass is 244 g/mol. The van der Waals surface area contributed by atoms with E-state index in [9.17, 15) is 4.79 Å². The molecule has 0 aliphatic heterocycles. The van der Waals surface area contributed by atoms with Gasteiger partial charge in [0.1, 0.15) is 0 Å². The summed E-state index contributed by atoms with van der Waals surface area (Å²) in [4.78, 5) is 13.6. The van der Waals surface area contributed by atoms with Gasteiger partial charge in [-0.25, -0.2) is 0 Å². The van der Waals surface area contributed by atoms with E-state index in [0.29, 0.717) is 19.1 Å². The van der Waals surface area contributed by atoms with E-state index < -0.39 is 0 Å². The van der Waals surface area contributed by atoms with Gasteiger partial charge in [-0.1, -0.05) is 13.8 Å². The Morgan fingerprint density at radius 2 is 2.00 bits per heavy atom. The Bertz CT molecular complexity index is 227. The molecule has 0 saturated heterocycles. The van der Waals surface area contributed by atoms with Crippen LogP contribution >= 0.6 is 0 Å². The highest BCUT2D eigenvalue weighted by molar-refractivity contribution is 5.77. The van der Waals surface area contributed by atoms with Crippen molar-refractivity contribution in [1.29, 1.82) is 0 Å². The van der Waals surface area contributed by atoms with E-state index in [1.807, 2.05) is 25.8 Å². The molecule has 0 aromatic rings. The minimum atomic E-state index is -0.0422. The summed E-state index contributed by atoms with van der Waals surface area (Å²) in [6.07, 6.45) is 1.83. The van der Waals surface area contributed by atoms with Gasteiger partial charge >= 0.3 is 0 Å². The highest BCUT2D eigenvalue weighted by atomic mass is 16.3. The third-order valence-electron chi connectivity index (χ3n) is 3.06. The number of aliphatic hydroxyl groups is 1. The third-order valence-corrected chi connectivity index (χ3v) is 3.06. The van der Waals surface area contributed by atoms with Gasteiger partial charge < -0.3 is 10.4 Å². The zero-order valence-electron chi connectivity index (χ0n) is 11.9. The fourth-order valence-corrected chi connectivity index (χ4v) is 1.34. The van der Waals surface area contributed by atoms with Gasteiger partial charge in [-0.2, -0.15) is 0 Å². The van der Waals surface area contributed by atoms with E-state index >= 15 is 0 Å². The molecule has 2 N–H and O–H groups in total. The van der Waals surface area contributed by atoms with Crippen molar-refractivity contribution in [2.75, 3.05) is 26.7 Å². The van der Waals surface area contributed by atoms with E-state index in [-0.39, 0.29) is 17.9 Å². The Morgan fingerprint density at radius 3 is 2.47 bits per heavy atom. The molecule has 0 aliphatic rings. The first-order chi connectivity index (χ1) is 7.78. The highest BCUT2D eigenvalue weighted by Gasteiger charge is 2.15. The number of nitrogens with one attached hydrogen (secondary N) is 1. The maximum atomic E-state index is 11.5. The summed E-state index contributed by atoms with van der Waals surface area (Å²) in [5.74, 6) is 0.0722. The number of nitrogens with zero attached hydrogens (tertiary/aromatic N) is 1. The van der Waals surface area contributed by atoms with Crippen LogP contribution in [0, 0.1) is 5.41 Å². The SMILES string of the molecule is CC(C)N(C)CC(=O)NCCCC(C)(C)CO. The topological polar surface area (TPSA) is 52.6 Å². The second kappa shape index (κ2) is 7.67. The zero-order chi connectivity index (χ0) is 13.5. The molecule has 102 valence electrons. The van der Waals surface area contributed by atoms with Crippen LogP contribution in [-0.2, 0) is 4.79 Å². The van der Waals surface area contributed by atoms with E-state index in [0.717, 1.165) is 12.8 Å². The fourth-order valence-electron chi connectivity index (χ4n) is 1.34. The van der Waals surface area contributed by atoms with Gasteiger partial charge in [0.05, 0.1) is 6.54 Å². The lowest BCUT2D eigenvalue weighted by atomic mass is 9.89. The van der Waals surface area contributed by atoms with Crippen LogP contribution in [0.3, 0.4) is 0 Å². The van der Waals surface area contributed by atoms with Crippen LogP contribution in [0.1, 0.15) is 40.5 Å². The lowest BCUT2D eigenvalue weighted by Crippen LogP contribution is -2.38. The van der Waals surface area contributed by atoms with Crippen LogP contribution in [-0.4, -0.2) is 48.7 Å². The number of hydrogen-bond donors (Lipinski definition) is 2. The van der Waals surface area contributed by atoms with Gasteiger partial charge in [-0.05, 0) is 39.2 Å². The summed E-state index contributed by atoms with van der Waals surface area (Å²) < 4.78 is 0. The molecule has 0 heterocycles. The zero-order valence-corrected chi connectivity index (χ0v) is 11.9. The van der Waals surface area contributed by atoms with Gasteiger partial charge in [-0.15, -0.1) is 0 Å². The fraction of sp³-hybridized carbons (Fsp3) is 0.923. The molecular weight excluding hydrogens is 216 g/mol. The van der Waals surface area contributed by atoms with E-state index in [4.69, 9.17) is 5.11 Å². The van der Waals surface area contributed by atoms with Crippen molar-refractivity contribution in [2.45, 2.75) is 46.6 Å². The normalized spacial score (nSPS) is 12.2. The molecule has 0 aliphatic carbocycles. The summed E-state index contributed by atoms with van der Waals surface area (Å²) in [6, 6.07) is 0.383. The van der Waals surface area contributed by atoms with Crippen LogP contribution in [0.15, 0.2) is 0 Å². The van der Waals surface area contributed by atoms with Crippen molar-refractivity contribution in [3.05, 3.63) is 0 Å². The molecule has 0 radical (unpaired) electrons. The van der Waals surface area contributed by atoms with Crippen molar-refractivity contribution in [2.24, 2.45) is 5.41 Å². The minimum absolute atomic E-state index is 0.0422. The van der Waals surface area contributed by atoms with Crippen molar-refractivity contribution in [3.8, 4) is 0 Å². The second-order valence-corrected chi connectivity index (χ2v) is 5.78. The number of carbonyl (C=O) groups excluding carboxylic acids is 1. The summed E-state index contributed by atoms with van der Waals surface area (Å²) in [7, 11) is 1.94. The Balaban J connectivity index is 3.66. The first kappa shape index (κ1) is 16.4. The summed E-state index contributed by atoms with van der Waals surface area (Å²) in [5, 5.41) is 12.0. The molecule has 0 rings (SSSR count). The molecule has 0 aromatic carbocycles. The van der Waals surface area contributed by atoms with Gasteiger partial charge in [0.25, 0.3) is 0 Å². The molecular formula is C13H28N2O2. The summed E-state index contributed by atoms with van der Waals surface area (Å²) in [6.45, 7) is 9.52. The molecule has 0 atom stereocenters. The molecule has 0 spiro atoms. The summed E-state index contributed by atoms with van der Waals surface area (Å²) in [5.41, 5.74) is -0.0422. The maximum Gasteiger partial charge on any atom is 0.234 e. The first-order valence-corrected chi connectivity index (χ1v) is 6.36. The van der Waals surface area contributed by atoms with Crippen LogP contribution in [0.25, 0.3) is 0 Å². The number of hydrogen-bond acceptors (Lipinski definition) is 3. The Labute approximate surface area is 105 Å². The van der Waals surface area contributed by atoms with Crippen molar-refractivity contribution < 1.29 is 9.90 Å². The lowest BCUT2D eigenvalue weighted by molar-refractivity contribution is -0.122. The van der Waals surface area contributed by atoms with Crippen LogP contribution in [0.2, 0.25) is 0 Å². The first-order valence-electron chi connectivity index (χ1n) is 6.36. The second-order valence-electron chi connectivity index (χ2n) is 5.78. The largest absolute Gasteiger partial charge is 0.396 e.